The Morgan fingerprint density at radius 1 is 1.50 bits per heavy atom. The van der Waals surface area contributed by atoms with Gasteiger partial charge in [0, 0.05) is 7.11 Å². The Morgan fingerprint density at radius 2 is 2.17 bits per heavy atom. The molecule has 0 fully saturated rings. The van der Waals surface area contributed by atoms with Crippen molar-refractivity contribution in [3.05, 3.63) is 16.4 Å². The molecule has 0 aliphatic carbocycles. The van der Waals surface area contributed by atoms with Crippen LogP contribution in [0.3, 0.4) is 0 Å². The van der Waals surface area contributed by atoms with E-state index in [9.17, 15) is 0 Å². The maximum Gasteiger partial charge on any atom is 0.0696 e. The molecule has 104 valence electrons. The van der Waals surface area contributed by atoms with Crippen LogP contribution in [0.25, 0.3) is 0 Å². The summed E-state index contributed by atoms with van der Waals surface area (Å²) in [5, 5.41) is 7.79. The number of ether oxygens (including phenoxy) is 1. The van der Waals surface area contributed by atoms with Crippen LogP contribution in [-0.4, -0.2) is 30.5 Å². The lowest BCUT2D eigenvalue weighted by Crippen LogP contribution is -2.26. The van der Waals surface area contributed by atoms with Crippen LogP contribution in [0.1, 0.15) is 38.9 Å². The summed E-state index contributed by atoms with van der Waals surface area (Å²) in [6, 6.07) is 0.290. The van der Waals surface area contributed by atoms with Crippen LogP contribution in [0.5, 0.6) is 0 Å². The third-order valence-electron chi connectivity index (χ3n) is 2.84. The van der Waals surface area contributed by atoms with Gasteiger partial charge in [-0.25, -0.2) is 0 Å². The largest absolute Gasteiger partial charge is 0.383 e. The highest BCUT2D eigenvalue weighted by molar-refractivity contribution is 9.10. The molecule has 1 aromatic rings. The number of hydrogen-bond acceptors (Lipinski definition) is 3. The van der Waals surface area contributed by atoms with Crippen molar-refractivity contribution < 1.29 is 4.74 Å². The standard InChI is InChI=1S/C13H24BrN3O/c1-13(2,3)8-11(15-4)12-10(14)9-16-17(12)6-7-18-5/h9,11,15H,6-8H2,1-5H3. The second-order valence-electron chi connectivity index (χ2n) is 5.70. The number of rotatable bonds is 6. The van der Waals surface area contributed by atoms with E-state index < -0.39 is 0 Å². The fourth-order valence-electron chi connectivity index (χ4n) is 2.02. The first-order valence-corrected chi connectivity index (χ1v) is 7.05. The average molecular weight is 318 g/mol. The molecule has 0 spiro atoms. The van der Waals surface area contributed by atoms with E-state index >= 15 is 0 Å². The summed E-state index contributed by atoms with van der Waals surface area (Å²) >= 11 is 3.59. The van der Waals surface area contributed by atoms with Crippen molar-refractivity contribution >= 4 is 15.9 Å². The lowest BCUT2D eigenvalue weighted by molar-refractivity contribution is 0.180. The summed E-state index contributed by atoms with van der Waals surface area (Å²) in [5.74, 6) is 0. The van der Waals surface area contributed by atoms with E-state index in [1.54, 1.807) is 7.11 Å². The van der Waals surface area contributed by atoms with Crippen LogP contribution in [0.15, 0.2) is 10.7 Å². The van der Waals surface area contributed by atoms with Gasteiger partial charge in [-0.05, 0) is 34.8 Å². The highest BCUT2D eigenvalue weighted by atomic mass is 79.9. The number of halogens is 1. The minimum atomic E-state index is 0.267. The Kier molecular flexibility index (Phi) is 5.82. The first-order chi connectivity index (χ1) is 8.39. The van der Waals surface area contributed by atoms with Crippen molar-refractivity contribution in [2.24, 2.45) is 5.41 Å². The second-order valence-corrected chi connectivity index (χ2v) is 6.55. The number of aromatic nitrogens is 2. The molecule has 1 atom stereocenters. The van der Waals surface area contributed by atoms with E-state index in [1.807, 2.05) is 17.9 Å². The molecular formula is C13H24BrN3O. The van der Waals surface area contributed by atoms with E-state index in [2.05, 4.69) is 47.1 Å². The zero-order valence-electron chi connectivity index (χ0n) is 12.0. The average Bonchev–Trinajstić information content (AvgIpc) is 2.63. The molecule has 0 aliphatic heterocycles. The van der Waals surface area contributed by atoms with Gasteiger partial charge in [0.25, 0.3) is 0 Å². The Bertz CT molecular complexity index is 371. The summed E-state index contributed by atoms with van der Waals surface area (Å²) in [6.07, 6.45) is 2.92. The summed E-state index contributed by atoms with van der Waals surface area (Å²) < 4.78 is 8.20. The van der Waals surface area contributed by atoms with Gasteiger partial charge in [0.1, 0.15) is 0 Å². The monoisotopic (exact) mass is 317 g/mol. The van der Waals surface area contributed by atoms with E-state index in [1.165, 1.54) is 5.69 Å². The third-order valence-corrected chi connectivity index (χ3v) is 3.45. The smallest absolute Gasteiger partial charge is 0.0696 e. The molecule has 1 heterocycles. The molecule has 5 heteroatoms. The molecule has 18 heavy (non-hydrogen) atoms. The van der Waals surface area contributed by atoms with Gasteiger partial charge >= 0.3 is 0 Å². The number of methoxy groups -OCH3 is 1. The van der Waals surface area contributed by atoms with Gasteiger partial charge in [0.2, 0.25) is 0 Å². The second kappa shape index (κ2) is 6.68. The van der Waals surface area contributed by atoms with Gasteiger partial charge in [0.05, 0.1) is 35.6 Å². The maximum absolute atomic E-state index is 5.13. The van der Waals surface area contributed by atoms with Gasteiger partial charge in [0.15, 0.2) is 0 Å². The SMILES string of the molecule is CNC(CC(C)(C)C)c1c(Br)cnn1CCOC. The Hall–Kier alpha value is -0.390. The Morgan fingerprint density at radius 3 is 2.67 bits per heavy atom. The number of hydrogen-bond donors (Lipinski definition) is 1. The van der Waals surface area contributed by atoms with Gasteiger partial charge in [-0.15, -0.1) is 0 Å². The molecule has 0 saturated heterocycles. The number of nitrogens with zero attached hydrogens (tertiary/aromatic N) is 2. The summed E-state index contributed by atoms with van der Waals surface area (Å²) in [6.45, 7) is 8.20. The van der Waals surface area contributed by atoms with Crippen molar-refractivity contribution in [3.8, 4) is 0 Å². The van der Waals surface area contributed by atoms with Crippen molar-refractivity contribution in [1.82, 2.24) is 15.1 Å². The molecule has 0 saturated carbocycles. The summed E-state index contributed by atoms with van der Waals surface area (Å²) in [7, 11) is 3.71. The molecule has 0 aromatic carbocycles. The topological polar surface area (TPSA) is 39.1 Å². The predicted octanol–water partition coefficient (Wildman–Crippen LogP) is 2.99. The minimum absolute atomic E-state index is 0.267. The Balaban J connectivity index is 2.93. The molecule has 1 aromatic heterocycles. The summed E-state index contributed by atoms with van der Waals surface area (Å²) in [5.41, 5.74) is 1.47. The predicted molar refractivity (Wildman–Crippen MR) is 77.7 cm³/mol. The van der Waals surface area contributed by atoms with Crippen LogP contribution in [0.2, 0.25) is 0 Å². The van der Waals surface area contributed by atoms with Crippen LogP contribution < -0.4 is 5.32 Å². The molecule has 1 unspecified atom stereocenters. The van der Waals surface area contributed by atoms with Crippen LogP contribution in [0.4, 0.5) is 0 Å². The quantitative estimate of drug-likeness (QED) is 0.876. The highest BCUT2D eigenvalue weighted by Gasteiger charge is 2.24. The summed E-state index contributed by atoms with van der Waals surface area (Å²) in [4.78, 5) is 0. The van der Waals surface area contributed by atoms with Crippen LogP contribution in [-0.2, 0) is 11.3 Å². The van der Waals surface area contributed by atoms with Gasteiger partial charge in [-0.3, -0.25) is 4.68 Å². The van der Waals surface area contributed by atoms with Crippen molar-refractivity contribution in [2.75, 3.05) is 20.8 Å². The molecular weight excluding hydrogens is 294 g/mol. The van der Waals surface area contributed by atoms with Crippen molar-refractivity contribution in [2.45, 2.75) is 39.8 Å². The molecule has 0 radical (unpaired) electrons. The van der Waals surface area contributed by atoms with Crippen LogP contribution in [0, 0.1) is 5.41 Å². The highest BCUT2D eigenvalue weighted by Crippen LogP contribution is 2.32. The zero-order valence-corrected chi connectivity index (χ0v) is 13.5. The van der Waals surface area contributed by atoms with Crippen LogP contribution >= 0.6 is 15.9 Å². The normalized spacial score (nSPS) is 13.9. The van der Waals surface area contributed by atoms with Gasteiger partial charge < -0.3 is 10.1 Å². The van der Waals surface area contributed by atoms with E-state index in [-0.39, 0.29) is 5.41 Å². The lowest BCUT2D eigenvalue weighted by Gasteiger charge is -2.26. The fraction of sp³-hybridized carbons (Fsp3) is 0.769. The van der Waals surface area contributed by atoms with Gasteiger partial charge in [-0.1, -0.05) is 20.8 Å². The van der Waals surface area contributed by atoms with E-state index in [0.717, 1.165) is 17.4 Å². The first-order valence-electron chi connectivity index (χ1n) is 6.26. The molecule has 0 bridgehead atoms. The molecule has 0 aliphatic rings. The van der Waals surface area contributed by atoms with Crippen molar-refractivity contribution in [3.63, 3.8) is 0 Å². The molecule has 1 rings (SSSR count). The fourth-order valence-corrected chi connectivity index (χ4v) is 2.59. The number of nitrogens with one attached hydrogen (secondary N) is 1. The van der Waals surface area contributed by atoms with E-state index in [4.69, 9.17) is 4.74 Å². The van der Waals surface area contributed by atoms with Crippen molar-refractivity contribution in [1.29, 1.82) is 0 Å². The molecule has 0 amide bonds. The van der Waals surface area contributed by atoms with E-state index in [0.29, 0.717) is 12.6 Å². The first kappa shape index (κ1) is 15.7. The zero-order chi connectivity index (χ0) is 13.8. The minimum Gasteiger partial charge on any atom is -0.383 e. The third kappa shape index (κ3) is 4.37. The maximum atomic E-state index is 5.13. The molecule has 4 nitrogen and oxygen atoms in total. The van der Waals surface area contributed by atoms with Gasteiger partial charge in [-0.2, -0.15) is 5.10 Å². The lowest BCUT2D eigenvalue weighted by atomic mass is 9.87. The molecule has 1 N–H and O–H groups in total. The Labute approximate surface area is 118 Å².